The van der Waals surface area contributed by atoms with E-state index in [-0.39, 0.29) is 24.1 Å². The van der Waals surface area contributed by atoms with Crippen molar-refractivity contribution in [2.45, 2.75) is 38.9 Å². The molecule has 104 valence electrons. The molecule has 1 heterocycles. The first kappa shape index (κ1) is 14.6. The summed E-state index contributed by atoms with van der Waals surface area (Å²) in [6.07, 6.45) is 0.745. The number of amidine groups is 1. The Morgan fingerprint density at radius 1 is 1.61 bits per heavy atom. The number of hydrogen-bond donors (Lipinski definition) is 2. The van der Waals surface area contributed by atoms with Gasteiger partial charge >= 0.3 is 6.09 Å². The van der Waals surface area contributed by atoms with Crippen LogP contribution >= 0.6 is 0 Å². The number of likely N-dealkylation sites (tertiary alicyclic amines) is 1. The van der Waals surface area contributed by atoms with Gasteiger partial charge in [-0.05, 0) is 20.3 Å². The summed E-state index contributed by atoms with van der Waals surface area (Å²) in [5, 5.41) is 11.2. The summed E-state index contributed by atoms with van der Waals surface area (Å²) in [5.74, 6) is 0.143. The van der Waals surface area contributed by atoms with Crippen LogP contribution in [0.3, 0.4) is 0 Å². The molecule has 1 aliphatic heterocycles. The highest BCUT2D eigenvalue weighted by Gasteiger charge is 2.28. The highest BCUT2D eigenvalue weighted by molar-refractivity contribution is 5.79. The van der Waals surface area contributed by atoms with Crippen molar-refractivity contribution in [3.05, 3.63) is 0 Å². The Labute approximate surface area is 107 Å². The molecular formula is C11H21N3O4. The van der Waals surface area contributed by atoms with E-state index in [0.29, 0.717) is 26.1 Å². The Morgan fingerprint density at radius 3 is 2.94 bits per heavy atom. The van der Waals surface area contributed by atoms with Crippen LogP contribution in [0, 0.1) is 0 Å². The number of hydrogen-bond acceptors (Lipinski definition) is 5. The fourth-order valence-corrected chi connectivity index (χ4v) is 1.69. The molecule has 0 aliphatic carbocycles. The summed E-state index contributed by atoms with van der Waals surface area (Å²) < 4.78 is 10.6. The van der Waals surface area contributed by atoms with Gasteiger partial charge in [-0.1, -0.05) is 5.16 Å². The maximum absolute atomic E-state index is 11.6. The number of carbonyl (C=O) groups excluding carboxylic acids is 1. The Balaban J connectivity index is 2.22. The topological polar surface area (TPSA) is 97.4 Å². The van der Waals surface area contributed by atoms with Gasteiger partial charge < -0.3 is 25.3 Å². The molecular weight excluding hydrogens is 238 g/mol. The van der Waals surface area contributed by atoms with Crippen LogP contribution < -0.4 is 5.73 Å². The molecule has 0 bridgehead atoms. The lowest BCUT2D eigenvalue weighted by atomic mass is 10.3. The molecule has 1 rings (SSSR count). The molecule has 1 aliphatic rings. The van der Waals surface area contributed by atoms with Gasteiger partial charge in [-0.3, -0.25) is 0 Å². The van der Waals surface area contributed by atoms with Gasteiger partial charge in [0.25, 0.3) is 0 Å². The smallest absolute Gasteiger partial charge is 0.410 e. The molecule has 0 aromatic rings. The monoisotopic (exact) mass is 259 g/mol. The molecule has 3 N–H and O–H groups in total. The summed E-state index contributed by atoms with van der Waals surface area (Å²) in [6.45, 7) is 5.19. The van der Waals surface area contributed by atoms with Crippen molar-refractivity contribution in [3.8, 4) is 0 Å². The number of nitrogens with two attached hydrogens (primary N) is 1. The van der Waals surface area contributed by atoms with Crippen molar-refractivity contribution in [3.63, 3.8) is 0 Å². The van der Waals surface area contributed by atoms with E-state index >= 15 is 0 Å². The van der Waals surface area contributed by atoms with Gasteiger partial charge in [0.2, 0.25) is 0 Å². The molecule has 0 aromatic heterocycles. The number of oxime groups is 1. The zero-order valence-corrected chi connectivity index (χ0v) is 10.8. The van der Waals surface area contributed by atoms with Gasteiger partial charge in [-0.2, -0.15) is 0 Å². The maximum atomic E-state index is 11.6. The van der Waals surface area contributed by atoms with Gasteiger partial charge in [0.15, 0.2) is 0 Å². The third-order valence-electron chi connectivity index (χ3n) is 2.58. The number of nitrogens with zero attached hydrogens (tertiary/aromatic N) is 2. The van der Waals surface area contributed by atoms with Gasteiger partial charge in [-0.15, -0.1) is 0 Å². The van der Waals surface area contributed by atoms with Gasteiger partial charge in [0, 0.05) is 13.0 Å². The second kappa shape index (κ2) is 7.05. The SMILES string of the molecule is CC(C)OC(=O)N1CCC(OCCC(N)=NO)C1. The van der Waals surface area contributed by atoms with E-state index in [1.807, 2.05) is 13.8 Å². The lowest BCUT2D eigenvalue weighted by molar-refractivity contribution is 0.0529. The standard InChI is InChI=1S/C11H21N3O4/c1-8(2)18-11(15)14-5-3-9(7-14)17-6-4-10(12)13-16/h8-9,16H,3-7H2,1-2H3,(H2,12,13). The van der Waals surface area contributed by atoms with E-state index in [1.165, 1.54) is 0 Å². The van der Waals surface area contributed by atoms with Crippen LogP contribution in [0.2, 0.25) is 0 Å². The lowest BCUT2D eigenvalue weighted by Gasteiger charge is -2.18. The van der Waals surface area contributed by atoms with Gasteiger partial charge in [-0.25, -0.2) is 4.79 Å². The number of ether oxygens (including phenoxy) is 2. The fraction of sp³-hybridized carbons (Fsp3) is 0.818. The van der Waals surface area contributed by atoms with Crippen molar-refractivity contribution in [2.24, 2.45) is 10.9 Å². The van der Waals surface area contributed by atoms with E-state index in [2.05, 4.69) is 5.16 Å². The fourth-order valence-electron chi connectivity index (χ4n) is 1.69. The van der Waals surface area contributed by atoms with Crippen LogP contribution in [-0.2, 0) is 9.47 Å². The number of amides is 1. The second-order valence-electron chi connectivity index (χ2n) is 4.50. The maximum Gasteiger partial charge on any atom is 0.410 e. The second-order valence-corrected chi connectivity index (χ2v) is 4.50. The minimum atomic E-state index is -0.299. The molecule has 7 nitrogen and oxygen atoms in total. The predicted molar refractivity (Wildman–Crippen MR) is 65.6 cm³/mol. The highest BCUT2D eigenvalue weighted by atomic mass is 16.6. The summed E-state index contributed by atoms with van der Waals surface area (Å²) in [7, 11) is 0. The average molecular weight is 259 g/mol. The van der Waals surface area contributed by atoms with Crippen molar-refractivity contribution in [2.75, 3.05) is 19.7 Å². The Hall–Kier alpha value is -1.50. The summed E-state index contributed by atoms with van der Waals surface area (Å²) in [5.41, 5.74) is 5.32. The van der Waals surface area contributed by atoms with Crippen molar-refractivity contribution in [1.29, 1.82) is 0 Å². The number of carbonyl (C=O) groups is 1. The van der Waals surface area contributed by atoms with E-state index in [4.69, 9.17) is 20.4 Å². The highest BCUT2D eigenvalue weighted by Crippen LogP contribution is 2.14. The minimum Gasteiger partial charge on any atom is -0.447 e. The Morgan fingerprint density at radius 2 is 2.33 bits per heavy atom. The third-order valence-corrected chi connectivity index (χ3v) is 2.58. The van der Waals surface area contributed by atoms with Crippen LogP contribution in [-0.4, -0.2) is 53.9 Å². The largest absolute Gasteiger partial charge is 0.447 e. The van der Waals surface area contributed by atoms with E-state index < -0.39 is 0 Å². The first-order valence-electron chi connectivity index (χ1n) is 6.06. The normalized spacial score (nSPS) is 20.5. The predicted octanol–water partition coefficient (Wildman–Crippen LogP) is 0.759. The molecule has 7 heteroatoms. The van der Waals surface area contributed by atoms with E-state index in [9.17, 15) is 4.79 Å². The van der Waals surface area contributed by atoms with Crippen molar-refractivity contribution >= 4 is 11.9 Å². The molecule has 1 amide bonds. The van der Waals surface area contributed by atoms with Crippen LogP contribution in [0.15, 0.2) is 5.16 Å². The minimum absolute atomic E-state index is 0.00351. The summed E-state index contributed by atoms with van der Waals surface area (Å²) >= 11 is 0. The first-order valence-corrected chi connectivity index (χ1v) is 6.06. The quantitative estimate of drug-likeness (QED) is 0.329. The molecule has 0 aromatic carbocycles. The van der Waals surface area contributed by atoms with E-state index in [1.54, 1.807) is 4.90 Å². The molecule has 0 saturated carbocycles. The van der Waals surface area contributed by atoms with Crippen molar-refractivity contribution < 1.29 is 19.5 Å². The zero-order chi connectivity index (χ0) is 13.5. The van der Waals surface area contributed by atoms with Crippen molar-refractivity contribution in [1.82, 2.24) is 4.90 Å². The average Bonchev–Trinajstić information content (AvgIpc) is 2.76. The molecule has 0 radical (unpaired) electrons. The van der Waals surface area contributed by atoms with Crippen LogP contribution in [0.5, 0.6) is 0 Å². The molecule has 1 atom stereocenters. The third kappa shape index (κ3) is 4.79. The summed E-state index contributed by atoms with van der Waals surface area (Å²) in [6, 6.07) is 0. The van der Waals surface area contributed by atoms with Crippen LogP contribution in [0.25, 0.3) is 0 Å². The van der Waals surface area contributed by atoms with Crippen LogP contribution in [0.1, 0.15) is 26.7 Å². The van der Waals surface area contributed by atoms with Gasteiger partial charge in [0.1, 0.15) is 5.84 Å². The Bertz CT molecular complexity index is 307. The molecule has 1 saturated heterocycles. The number of rotatable bonds is 5. The molecule has 18 heavy (non-hydrogen) atoms. The lowest BCUT2D eigenvalue weighted by Crippen LogP contribution is -2.32. The molecule has 1 unspecified atom stereocenters. The zero-order valence-electron chi connectivity index (χ0n) is 10.8. The van der Waals surface area contributed by atoms with Crippen LogP contribution in [0.4, 0.5) is 4.79 Å². The van der Waals surface area contributed by atoms with E-state index in [0.717, 1.165) is 6.42 Å². The summed E-state index contributed by atoms with van der Waals surface area (Å²) in [4.78, 5) is 13.2. The Kier molecular flexibility index (Phi) is 5.70. The molecule has 0 spiro atoms. The van der Waals surface area contributed by atoms with Gasteiger partial charge in [0.05, 0.1) is 25.4 Å². The molecule has 1 fully saturated rings. The first-order chi connectivity index (χ1) is 8.52.